The first-order chi connectivity index (χ1) is 11.5. The molecule has 0 aromatic carbocycles. The number of hydrogen-bond donors (Lipinski definition) is 0. The highest BCUT2D eigenvalue weighted by molar-refractivity contribution is 5.93. The zero-order chi connectivity index (χ0) is 17.1. The summed E-state index contributed by atoms with van der Waals surface area (Å²) in [5, 5.41) is 8.04. The van der Waals surface area contributed by atoms with Gasteiger partial charge in [0, 0.05) is 37.5 Å². The molecule has 3 heterocycles. The lowest BCUT2D eigenvalue weighted by Crippen LogP contribution is -2.36. The lowest BCUT2D eigenvalue weighted by Gasteiger charge is -2.18. The van der Waals surface area contributed by atoms with E-state index in [2.05, 4.69) is 15.3 Å². The van der Waals surface area contributed by atoms with Crippen LogP contribution in [0.3, 0.4) is 0 Å². The highest BCUT2D eigenvalue weighted by Crippen LogP contribution is 2.21. The monoisotopic (exact) mass is 328 g/mol. The molecule has 7 nitrogen and oxygen atoms in total. The van der Waals surface area contributed by atoms with E-state index in [1.807, 2.05) is 32.0 Å². The fraction of sp³-hybridized carbons (Fsp3) is 0.412. The molecule has 0 saturated carbocycles. The maximum absolute atomic E-state index is 12.5. The number of hydrogen-bond acceptors (Lipinski definition) is 6. The van der Waals surface area contributed by atoms with Crippen molar-refractivity contribution in [3.05, 3.63) is 36.4 Å². The van der Waals surface area contributed by atoms with Gasteiger partial charge in [-0.1, -0.05) is 24.2 Å². The minimum Gasteiger partial charge on any atom is -0.382 e. The third kappa shape index (κ3) is 3.45. The van der Waals surface area contributed by atoms with Crippen LogP contribution in [-0.2, 0) is 16.2 Å². The van der Waals surface area contributed by atoms with Crippen molar-refractivity contribution >= 4 is 11.6 Å². The average Bonchev–Trinajstić information content (AvgIpc) is 3.24. The molecule has 0 fully saturated rings. The number of carbonyl (C=O) groups excluding carboxylic acids is 1. The third-order valence-corrected chi connectivity index (χ3v) is 3.94. The van der Waals surface area contributed by atoms with E-state index in [9.17, 15) is 4.79 Å². The van der Waals surface area contributed by atoms with Crippen molar-refractivity contribution in [2.45, 2.75) is 32.9 Å². The summed E-state index contributed by atoms with van der Waals surface area (Å²) >= 11 is 0. The smallest absolute Gasteiger partial charge is 0.267 e. The fourth-order valence-corrected chi connectivity index (χ4v) is 2.47. The Morgan fingerprint density at radius 3 is 2.79 bits per heavy atom. The highest BCUT2D eigenvalue weighted by atomic mass is 16.6. The zero-order valence-corrected chi connectivity index (χ0v) is 14.0. The van der Waals surface area contributed by atoms with Gasteiger partial charge in [0.1, 0.15) is 5.69 Å². The van der Waals surface area contributed by atoms with Crippen LogP contribution >= 0.6 is 0 Å². The molecule has 0 saturated heterocycles. The van der Waals surface area contributed by atoms with Crippen LogP contribution in [-0.4, -0.2) is 39.8 Å². The van der Waals surface area contributed by atoms with Crippen molar-refractivity contribution in [2.24, 2.45) is 11.1 Å². The fourth-order valence-electron chi connectivity index (χ4n) is 2.47. The Morgan fingerprint density at radius 1 is 1.38 bits per heavy atom. The van der Waals surface area contributed by atoms with Gasteiger partial charge in [0.15, 0.2) is 5.76 Å². The molecule has 126 valence electrons. The van der Waals surface area contributed by atoms with Gasteiger partial charge >= 0.3 is 0 Å². The molecule has 2 aromatic heterocycles. The van der Waals surface area contributed by atoms with Gasteiger partial charge in [-0.05, 0) is 18.1 Å². The first-order valence-corrected chi connectivity index (χ1v) is 7.88. The molecule has 2 aromatic rings. The number of carbonyl (C=O) groups is 1. The maximum atomic E-state index is 12.5. The standard InChI is InChI=1S/C17H20N4O3/c1-11(2)14-9-16(24-19-14)17(22)21(3)10-13-8-15(20-23-13)12-4-6-18-7-5-12/h4-8,11,16H,9-10H2,1-3H3/t16-/m1/s1. The lowest BCUT2D eigenvalue weighted by molar-refractivity contribution is -0.141. The molecule has 0 aliphatic carbocycles. The van der Waals surface area contributed by atoms with E-state index in [0.29, 0.717) is 18.7 Å². The minimum absolute atomic E-state index is 0.115. The second kappa shape index (κ2) is 6.82. The molecule has 1 aliphatic heterocycles. The molecule has 0 bridgehead atoms. The van der Waals surface area contributed by atoms with Crippen molar-refractivity contribution in [3.63, 3.8) is 0 Å². The molecule has 1 amide bonds. The molecule has 0 unspecified atom stereocenters. The lowest BCUT2D eigenvalue weighted by atomic mass is 10.0. The molecule has 1 atom stereocenters. The molecule has 7 heteroatoms. The van der Waals surface area contributed by atoms with Gasteiger partial charge in [-0.3, -0.25) is 9.78 Å². The quantitative estimate of drug-likeness (QED) is 0.842. The summed E-state index contributed by atoms with van der Waals surface area (Å²) in [5.41, 5.74) is 2.56. The van der Waals surface area contributed by atoms with Crippen LogP contribution in [0.1, 0.15) is 26.0 Å². The van der Waals surface area contributed by atoms with E-state index in [0.717, 1.165) is 17.0 Å². The van der Waals surface area contributed by atoms with Gasteiger partial charge in [0.2, 0.25) is 6.10 Å². The number of rotatable bonds is 5. The van der Waals surface area contributed by atoms with Crippen LogP contribution < -0.4 is 0 Å². The number of pyridine rings is 1. The Hall–Kier alpha value is -2.70. The predicted molar refractivity (Wildman–Crippen MR) is 88.0 cm³/mol. The highest BCUT2D eigenvalue weighted by Gasteiger charge is 2.31. The predicted octanol–water partition coefficient (Wildman–Crippen LogP) is 2.50. The van der Waals surface area contributed by atoms with E-state index in [1.54, 1.807) is 24.3 Å². The molecule has 3 rings (SSSR count). The number of nitrogens with zero attached hydrogens (tertiary/aromatic N) is 4. The van der Waals surface area contributed by atoms with Crippen LogP contribution in [0.15, 0.2) is 40.3 Å². The second-order valence-electron chi connectivity index (χ2n) is 6.14. The van der Waals surface area contributed by atoms with Crippen molar-refractivity contribution in [1.82, 2.24) is 15.0 Å². The largest absolute Gasteiger partial charge is 0.382 e. The van der Waals surface area contributed by atoms with E-state index in [4.69, 9.17) is 9.36 Å². The Morgan fingerprint density at radius 2 is 2.12 bits per heavy atom. The molecule has 24 heavy (non-hydrogen) atoms. The normalized spacial score (nSPS) is 16.8. The van der Waals surface area contributed by atoms with Gasteiger partial charge in [-0.15, -0.1) is 0 Å². The second-order valence-corrected chi connectivity index (χ2v) is 6.14. The number of oxime groups is 1. The first kappa shape index (κ1) is 16.2. The topological polar surface area (TPSA) is 80.8 Å². The van der Waals surface area contributed by atoms with Gasteiger partial charge in [-0.2, -0.15) is 0 Å². The summed E-state index contributed by atoms with van der Waals surface area (Å²) in [6.07, 6.45) is 3.39. The minimum atomic E-state index is -0.546. The molecule has 0 radical (unpaired) electrons. The maximum Gasteiger partial charge on any atom is 0.267 e. The van der Waals surface area contributed by atoms with Gasteiger partial charge < -0.3 is 14.3 Å². The average molecular weight is 328 g/mol. The Bertz CT molecular complexity index is 739. The van der Waals surface area contributed by atoms with Crippen LogP contribution in [0.25, 0.3) is 11.3 Å². The van der Waals surface area contributed by atoms with Crippen LogP contribution in [0.4, 0.5) is 0 Å². The zero-order valence-electron chi connectivity index (χ0n) is 14.0. The van der Waals surface area contributed by atoms with E-state index < -0.39 is 6.10 Å². The Labute approximate surface area is 140 Å². The summed E-state index contributed by atoms with van der Waals surface area (Å²) in [5.74, 6) is 0.780. The van der Waals surface area contributed by atoms with Crippen LogP contribution in [0, 0.1) is 5.92 Å². The molecular formula is C17H20N4O3. The van der Waals surface area contributed by atoms with E-state index >= 15 is 0 Å². The summed E-state index contributed by atoms with van der Waals surface area (Å²) < 4.78 is 5.33. The number of aromatic nitrogens is 2. The van der Waals surface area contributed by atoms with E-state index in [1.165, 1.54) is 0 Å². The Kier molecular flexibility index (Phi) is 4.59. The Balaban J connectivity index is 1.60. The summed E-state index contributed by atoms with van der Waals surface area (Å²) in [7, 11) is 1.72. The summed E-state index contributed by atoms with van der Waals surface area (Å²) in [4.78, 5) is 23.3. The van der Waals surface area contributed by atoms with Gasteiger partial charge in [0.05, 0.1) is 12.3 Å². The molecule has 1 aliphatic rings. The van der Waals surface area contributed by atoms with Crippen molar-refractivity contribution in [1.29, 1.82) is 0 Å². The number of amides is 1. The molecule has 0 N–H and O–H groups in total. The third-order valence-electron chi connectivity index (χ3n) is 3.94. The molecular weight excluding hydrogens is 308 g/mol. The SMILES string of the molecule is CC(C)C1=NO[C@@H](C(=O)N(C)Cc2cc(-c3ccncc3)no2)C1. The van der Waals surface area contributed by atoms with Crippen molar-refractivity contribution in [3.8, 4) is 11.3 Å². The summed E-state index contributed by atoms with van der Waals surface area (Å²) in [6, 6.07) is 5.53. The van der Waals surface area contributed by atoms with Crippen LogP contribution in [0.2, 0.25) is 0 Å². The first-order valence-electron chi connectivity index (χ1n) is 7.88. The van der Waals surface area contributed by atoms with Crippen molar-refractivity contribution < 1.29 is 14.2 Å². The van der Waals surface area contributed by atoms with Crippen molar-refractivity contribution in [2.75, 3.05) is 7.05 Å². The van der Waals surface area contributed by atoms with E-state index in [-0.39, 0.29) is 11.8 Å². The van der Waals surface area contributed by atoms with Gasteiger partial charge in [-0.25, -0.2) is 0 Å². The number of likely N-dealkylation sites (N-methyl/N-ethyl adjacent to an activating group) is 1. The molecule has 0 spiro atoms. The van der Waals surface area contributed by atoms with Crippen LogP contribution in [0.5, 0.6) is 0 Å². The summed E-state index contributed by atoms with van der Waals surface area (Å²) in [6.45, 7) is 4.40. The van der Waals surface area contributed by atoms with Gasteiger partial charge in [0.25, 0.3) is 5.91 Å².